The largest absolute Gasteiger partial charge is 0.496 e. The highest BCUT2D eigenvalue weighted by atomic mass is 16.5. The summed E-state index contributed by atoms with van der Waals surface area (Å²) >= 11 is 0. The van der Waals surface area contributed by atoms with Gasteiger partial charge in [0.2, 0.25) is 0 Å². The van der Waals surface area contributed by atoms with E-state index in [1.54, 1.807) is 20.1 Å². The maximum absolute atomic E-state index is 9.07. The first-order valence-corrected chi connectivity index (χ1v) is 5.72. The predicted octanol–water partition coefficient (Wildman–Crippen LogP) is 3.26. The fraction of sp³-hybridized carbons (Fsp3) is 0.333. The topological polar surface area (TPSA) is 29.5 Å². The van der Waals surface area contributed by atoms with Crippen LogP contribution in [-0.2, 0) is 0 Å². The molecule has 17 heavy (non-hydrogen) atoms. The summed E-state index contributed by atoms with van der Waals surface area (Å²) in [5.41, 5.74) is 3.48. The van der Waals surface area contributed by atoms with E-state index in [0.717, 1.165) is 11.3 Å². The number of hydrogen-bond donors (Lipinski definition) is 1. The van der Waals surface area contributed by atoms with Gasteiger partial charge in [0.25, 0.3) is 0 Å². The highest BCUT2D eigenvalue weighted by Crippen LogP contribution is 2.23. The van der Waals surface area contributed by atoms with E-state index in [9.17, 15) is 0 Å². The Hall–Kier alpha value is -1.54. The molecule has 92 valence electrons. The van der Waals surface area contributed by atoms with Crippen molar-refractivity contribution < 1.29 is 9.84 Å². The van der Waals surface area contributed by atoms with Gasteiger partial charge in [-0.05, 0) is 43.5 Å². The first kappa shape index (κ1) is 13.5. The molecule has 0 bridgehead atoms. The average Bonchev–Trinajstić information content (AvgIpc) is 2.28. The van der Waals surface area contributed by atoms with Crippen molar-refractivity contribution in [1.82, 2.24) is 0 Å². The molecule has 2 heteroatoms. The lowest BCUT2D eigenvalue weighted by Crippen LogP contribution is -1.91. The lowest BCUT2D eigenvalue weighted by atomic mass is 10.0. The summed E-state index contributed by atoms with van der Waals surface area (Å²) in [6, 6.07) is 4.12. The Morgan fingerprint density at radius 3 is 2.53 bits per heavy atom. The van der Waals surface area contributed by atoms with Gasteiger partial charge < -0.3 is 9.84 Å². The van der Waals surface area contributed by atoms with E-state index in [4.69, 9.17) is 9.84 Å². The number of methoxy groups -OCH3 is 1. The van der Waals surface area contributed by atoms with Crippen LogP contribution in [0.25, 0.3) is 6.08 Å². The molecule has 0 aliphatic carbocycles. The third-order valence-corrected chi connectivity index (χ3v) is 2.65. The second-order valence-electron chi connectivity index (χ2n) is 4.15. The van der Waals surface area contributed by atoms with Crippen molar-refractivity contribution in [3.05, 3.63) is 47.1 Å². The van der Waals surface area contributed by atoms with Gasteiger partial charge in [0.15, 0.2) is 0 Å². The summed E-state index contributed by atoms with van der Waals surface area (Å²) in [6.07, 6.45) is 7.07. The molecule has 0 saturated carbocycles. The fourth-order valence-corrected chi connectivity index (χ4v) is 1.55. The number of rotatable bonds is 4. The number of benzene rings is 1. The van der Waals surface area contributed by atoms with Gasteiger partial charge in [-0.1, -0.05) is 30.4 Å². The van der Waals surface area contributed by atoms with E-state index in [1.165, 1.54) is 11.1 Å². The lowest BCUT2D eigenvalue weighted by Gasteiger charge is -2.08. The zero-order chi connectivity index (χ0) is 12.8. The number of hydrogen-bond acceptors (Lipinski definition) is 2. The van der Waals surface area contributed by atoms with E-state index in [0.29, 0.717) is 0 Å². The zero-order valence-electron chi connectivity index (χ0n) is 10.9. The van der Waals surface area contributed by atoms with Crippen molar-refractivity contribution >= 4 is 6.08 Å². The summed E-state index contributed by atoms with van der Waals surface area (Å²) in [5, 5.41) is 9.07. The summed E-state index contributed by atoms with van der Waals surface area (Å²) in [7, 11) is 1.68. The maximum Gasteiger partial charge on any atom is 0.122 e. The summed E-state index contributed by atoms with van der Waals surface area (Å²) < 4.78 is 5.32. The van der Waals surface area contributed by atoms with Crippen molar-refractivity contribution in [2.45, 2.75) is 26.9 Å². The van der Waals surface area contributed by atoms with E-state index in [1.807, 2.05) is 24.3 Å². The van der Waals surface area contributed by atoms with Crippen molar-refractivity contribution in [1.29, 1.82) is 0 Å². The SMILES string of the molecule is COc1cc(C=CC=CC(C)O)cc(C)c1C. The smallest absolute Gasteiger partial charge is 0.122 e. The number of allylic oxidation sites excluding steroid dienone is 2. The molecule has 1 unspecified atom stereocenters. The molecular formula is C15H20O2. The Balaban J connectivity index is 2.89. The van der Waals surface area contributed by atoms with Crippen LogP contribution < -0.4 is 4.74 Å². The number of aliphatic hydroxyl groups excluding tert-OH is 1. The van der Waals surface area contributed by atoms with Crippen LogP contribution in [-0.4, -0.2) is 18.3 Å². The molecule has 0 amide bonds. The van der Waals surface area contributed by atoms with Gasteiger partial charge >= 0.3 is 0 Å². The third-order valence-electron chi connectivity index (χ3n) is 2.65. The van der Waals surface area contributed by atoms with Gasteiger partial charge in [0.1, 0.15) is 5.75 Å². The van der Waals surface area contributed by atoms with Gasteiger partial charge in [-0.2, -0.15) is 0 Å². The highest BCUT2D eigenvalue weighted by Gasteiger charge is 2.02. The van der Waals surface area contributed by atoms with E-state index < -0.39 is 6.10 Å². The van der Waals surface area contributed by atoms with Gasteiger partial charge in [-0.15, -0.1) is 0 Å². The molecule has 0 aromatic heterocycles. The number of ether oxygens (including phenoxy) is 1. The van der Waals surface area contributed by atoms with Gasteiger partial charge in [0, 0.05) is 0 Å². The minimum Gasteiger partial charge on any atom is -0.496 e. The Morgan fingerprint density at radius 2 is 1.94 bits per heavy atom. The molecule has 1 rings (SSSR count). The molecule has 1 N–H and O–H groups in total. The van der Waals surface area contributed by atoms with Crippen LogP contribution in [0.3, 0.4) is 0 Å². The number of aryl methyl sites for hydroxylation is 1. The second-order valence-corrected chi connectivity index (χ2v) is 4.15. The molecule has 0 heterocycles. The minimum absolute atomic E-state index is 0.408. The molecular weight excluding hydrogens is 212 g/mol. The molecule has 2 nitrogen and oxygen atoms in total. The molecule has 0 saturated heterocycles. The van der Waals surface area contributed by atoms with Gasteiger partial charge in [0.05, 0.1) is 13.2 Å². The standard InChI is InChI=1S/C15H20O2/c1-11-9-14(8-6-5-7-12(2)16)10-15(17-4)13(11)3/h5-10,12,16H,1-4H3. The van der Waals surface area contributed by atoms with Crippen LogP contribution in [0.5, 0.6) is 5.75 Å². The molecule has 0 aliphatic rings. The monoisotopic (exact) mass is 232 g/mol. The van der Waals surface area contributed by atoms with Crippen LogP contribution in [0.4, 0.5) is 0 Å². The Morgan fingerprint density at radius 1 is 1.24 bits per heavy atom. The lowest BCUT2D eigenvalue weighted by molar-refractivity contribution is 0.244. The van der Waals surface area contributed by atoms with Crippen LogP contribution in [0.2, 0.25) is 0 Å². The van der Waals surface area contributed by atoms with Crippen LogP contribution >= 0.6 is 0 Å². The molecule has 1 aromatic rings. The maximum atomic E-state index is 9.07. The molecule has 1 aromatic carbocycles. The quantitative estimate of drug-likeness (QED) is 0.807. The summed E-state index contributed by atoms with van der Waals surface area (Å²) in [6.45, 7) is 5.85. The average molecular weight is 232 g/mol. The first-order chi connectivity index (χ1) is 8.04. The summed E-state index contributed by atoms with van der Waals surface area (Å²) in [4.78, 5) is 0. The van der Waals surface area contributed by atoms with Crippen LogP contribution in [0.15, 0.2) is 30.4 Å². The fourth-order valence-electron chi connectivity index (χ4n) is 1.55. The van der Waals surface area contributed by atoms with Gasteiger partial charge in [-0.25, -0.2) is 0 Å². The zero-order valence-corrected chi connectivity index (χ0v) is 10.9. The van der Waals surface area contributed by atoms with Crippen molar-refractivity contribution in [2.75, 3.05) is 7.11 Å². The molecule has 0 radical (unpaired) electrons. The Kier molecular flexibility index (Phi) is 4.98. The van der Waals surface area contributed by atoms with Gasteiger partial charge in [-0.3, -0.25) is 0 Å². The first-order valence-electron chi connectivity index (χ1n) is 5.72. The molecule has 0 aliphatic heterocycles. The van der Waals surface area contributed by atoms with E-state index >= 15 is 0 Å². The highest BCUT2D eigenvalue weighted by molar-refractivity contribution is 5.57. The van der Waals surface area contributed by atoms with Crippen molar-refractivity contribution in [3.8, 4) is 5.75 Å². The normalized spacial score (nSPS) is 13.5. The molecule has 1 atom stereocenters. The molecule has 0 spiro atoms. The number of aliphatic hydroxyl groups is 1. The van der Waals surface area contributed by atoms with E-state index in [2.05, 4.69) is 19.9 Å². The third kappa shape index (κ3) is 4.08. The predicted molar refractivity (Wildman–Crippen MR) is 72.3 cm³/mol. The van der Waals surface area contributed by atoms with Crippen molar-refractivity contribution in [2.24, 2.45) is 0 Å². The Labute approximate surface area is 103 Å². The Bertz CT molecular complexity index is 429. The second kappa shape index (κ2) is 6.26. The van der Waals surface area contributed by atoms with Crippen molar-refractivity contribution in [3.63, 3.8) is 0 Å². The minimum atomic E-state index is -0.408. The molecule has 0 fully saturated rings. The van der Waals surface area contributed by atoms with Crippen LogP contribution in [0.1, 0.15) is 23.6 Å². The van der Waals surface area contributed by atoms with E-state index in [-0.39, 0.29) is 0 Å². The summed E-state index contributed by atoms with van der Waals surface area (Å²) in [5.74, 6) is 0.907. The van der Waals surface area contributed by atoms with Crippen LogP contribution in [0, 0.1) is 13.8 Å².